The predicted octanol–water partition coefficient (Wildman–Crippen LogP) is 1.77. The fourth-order valence-corrected chi connectivity index (χ4v) is 3.06. The Kier molecular flexibility index (Phi) is 5.60. The van der Waals surface area contributed by atoms with Crippen molar-refractivity contribution in [2.45, 2.75) is 13.0 Å². The summed E-state index contributed by atoms with van der Waals surface area (Å²) in [5, 5.41) is 7.40. The number of nitrogens with one attached hydrogen (secondary N) is 1. The summed E-state index contributed by atoms with van der Waals surface area (Å²) in [5.74, 6) is 1.24. The van der Waals surface area contributed by atoms with Crippen LogP contribution in [0, 0.1) is 0 Å². The number of carbonyl (C=O) groups excluding carboxylic acids is 1. The molecule has 1 aromatic heterocycles. The number of methoxy groups -OCH3 is 3. The number of benzene rings is 1. The Morgan fingerprint density at radius 1 is 1.26 bits per heavy atom. The highest BCUT2D eigenvalue weighted by Crippen LogP contribution is 2.40. The van der Waals surface area contributed by atoms with Gasteiger partial charge in [0, 0.05) is 12.7 Å². The van der Waals surface area contributed by atoms with Gasteiger partial charge in [0.1, 0.15) is 23.9 Å². The van der Waals surface area contributed by atoms with Crippen molar-refractivity contribution < 1.29 is 23.7 Å². The molecule has 0 saturated heterocycles. The topological polar surface area (TPSA) is 96.7 Å². The number of aromatic nitrogens is 3. The molecule has 0 aliphatic carbocycles. The SMILES string of the molecule is CCOC(=O)C1=C(COC)Nc2ncnn2C1c1cc(OC)ccc1OC. The highest BCUT2D eigenvalue weighted by molar-refractivity contribution is 5.92. The van der Waals surface area contributed by atoms with E-state index in [4.69, 9.17) is 18.9 Å². The zero-order valence-corrected chi connectivity index (χ0v) is 15.7. The minimum absolute atomic E-state index is 0.184. The average Bonchev–Trinajstić information content (AvgIpc) is 3.15. The van der Waals surface area contributed by atoms with Gasteiger partial charge in [0.2, 0.25) is 5.95 Å². The Hall–Kier alpha value is -3.07. The van der Waals surface area contributed by atoms with E-state index in [0.29, 0.717) is 34.3 Å². The lowest BCUT2D eigenvalue weighted by atomic mass is 9.94. The maximum Gasteiger partial charge on any atom is 0.338 e. The van der Waals surface area contributed by atoms with E-state index in [2.05, 4.69) is 15.4 Å². The molecule has 1 N–H and O–H groups in total. The van der Waals surface area contributed by atoms with Crippen LogP contribution < -0.4 is 14.8 Å². The molecular formula is C18H22N4O5. The van der Waals surface area contributed by atoms with Crippen molar-refractivity contribution in [1.29, 1.82) is 0 Å². The summed E-state index contributed by atoms with van der Waals surface area (Å²) in [6, 6.07) is 4.77. The van der Waals surface area contributed by atoms with Crippen molar-refractivity contribution in [3.8, 4) is 11.5 Å². The van der Waals surface area contributed by atoms with Gasteiger partial charge in [-0.05, 0) is 25.1 Å². The number of nitrogens with zero attached hydrogens (tertiary/aromatic N) is 3. The molecule has 0 radical (unpaired) electrons. The number of esters is 1. The predicted molar refractivity (Wildman–Crippen MR) is 96.9 cm³/mol. The third-order valence-corrected chi connectivity index (χ3v) is 4.19. The third kappa shape index (κ3) is 3.45. The lowest BCUT2D eigenvalue weighted by Crippen LogP contribution is -2.32. The second-order valence-electron chi connectivity index (χ2n) is 5.71. The van der Waals surface area contributed by atoms with Gasteiger partial charge in [-0.15, -0.1) is 0 Å². The fraction of sp³-hybridized carbons (Fsp3) is 0.389. The van der Waals surface area contributed by atoms with Crippen molar-refractivity contribution in [3.63, 3.8) is 0 Å². The molecule has 2 aromatic rings. The molecule has 9 heteroatoms. The van der Waals surface area contributed by atoms with Gasteiger partial charge in [-0.25, -0.2) is 9.48 Å². The summed E-state index contributed by atoms with van der Waals surface area (Å²) >= 11 is 0. The smallest absolute Gasteiger partial charge is 0.338 e. The molecule has 2 heterocycles. The number of anilines is 1. The molecule has 0 bridgehead atoms. The van der Waals surface area contributed by atoms with Gasteiger partial charge in [-0.3, -0.25) is 0 Å². The van der Waals surface area contributed by atoms with Crippen molar-refractivity contribution >= 4 is 11.9 Å². The van der Waals surface area contributed by atoms with Gasteiger partial charge in [-0.1, -0.05) is 0 Å². The van der Waals surface area contributed by atoms with Crippen molar-refractivity contribution in [2.24, 2.45) is 0 Å². The molecule has 0 saturated carbocycles. The maximum atomic E-state index is 12.8. The monoisotopic (exact) mass is 374 g/mol. The van der Waals surface area contributed by atoms with Crippen LogP contribution in [-0.2, 0) is 14.3 Å². The Balaban J connectivity index is 2.24. The number of hydrogen-bond donors (Lipinski definition) is 1. The van der Waals surface area contributed by atoms with Gasteiger partial charge >= 0.3 is 5.97 Å². The summed E-state index contributed by atoms with van der Waals surface area (Å²) in [5.41, 5.74) is 1.64. The normalized spacial score (nSPS) is 15.8. The number of carbonyl (C=O) groups is 1. The van der Waals surface area contributed by atoms with E-state index in [9.17, 15) is 4.79 Å². The Morgan fingerprint density at radius 3 is 2.74 bits per heavy atom. The van der Waals surface area contributed by atoms with Gasteiger partial charge in [0.05, 0.1) is 38.7 Å². The van der Waals surface area contributed by atoms with Crippen molar-refractivity contribution in [1.82, 2.24) is 14.8 Å². The molecule has 1 aliphatic rings. The molecule has 1 atom stereocenters. The first-order valence-corrected chi connectivity index (χ1v) is 8.42. The van der Waals surface area contributed by atoms with Crippen molar-refractivity contribution in [3.05, 3.63) is 41.4 Å². The van der Waals surface area contributed by atoms with Crippen LogP contribution in [0.5, 0.6) is 11.5 Å². The van der Waals surface area contributed by atoms with Crippen molar-refractivity contribution in [2.75, 3.05) is 39.9 Å². The second kappa shape index (κ2) is 8.09. The maximum absolute atomic E-state index is 12.8. The summed E-state index contributed by atoms with van der Waals surface area (Å²) in [6.45, 7) is 2.19. The lowest BCUT2D eigenvalue weighted by Gasteiger charge is -2.30. The molecule has 3 rings (SSSR count). The standard InChI is InChI=1S/C18H22N4O5/c1-5-27-17(23)15-13(9-24-2)21-18-19-10-20-22(18)16(15)12-8-11(25-3)6-7-14(12)26-4/h6-8,10,16H,5,9H2,1-4H3,(H,19,20,21). The molecule has 1 aliphatic heterocycles. The zero-order chi connectivity index (χ0) is 19.4. The molecule has 1 aromatic carbocycles. The third-order valence-electron chi connectivity index (χ3n) is 4.19. The summed E-state index contributed by atoms with van der Waals surface area (Å²) in [4.78, 5) is 17.1. The van der Waals surface area contributed by atoms with Crippen LogP contribution in [0.4, 0.5) is 5.95 Å². The molecule has 144 valence electrons. The minimum atomic E-state index is -0.613. The van der Waals surface area contributed by atoms with E-state index in [1.54, 1.807) is 45.1 Å². The number of rotatable bonds is 7. The van der Waals surface area contributed by atoms with Crippen LogP contribution in [0.25, 0.3) is 0 Å². The quantitative estimate of drug-likeness (QED) is 0.733. The van der Waals surface area contributed by atoms with Crippen LogP contribution >= 0.6 is 0 Å². The molecule has 0 spiro atoms. The van der Waals surface area contributed by atoms with Crippen LogP contribution in [-0.4, -0.2) is 55.3 Å². The molecule has 27 heavy (non-hydrogen) atoms. The van der Waals surface area contributed by atoms with E-state index in [-0.39, 0.29) is 13.2 Å². The highest BCUT2D eigenvalue weighted by atomic mass is 16.5. The molecular weight excluding hydrogens is 352 g/mol. The summed E-state index contributed by atoms with van der Waals surface area (Å²) in [6.07, 6.45) is 1.42. The summed E-state index contributed by atoms with van der Waals surface area (Å²) in [7, 11) is 4.70. The average molecular weight is 374 g/mol. The Labute approximate surface area is 156 Å². The number of fused-ring (bicyclic) bond motifs is 1. The van der Waals surface area contributed by atoms with Crippen LogP contribution in [0.1, 0.15) is 18.5 Å². The number of hydrogen-bond acceptors (Lipinski definition) is 8. The molecule has 0 fully saturated rings. The minimum Gasteiger partial charge on any atom is -0.497 e. The van der Waals surface area contributed by atoms with E-state index in [1.807, 2.05) is 6.07 Å². The zero-order valence-electron chi connectivity index (χ0n) is 15.7. The molecule has 9 nitrogen and oxygen atoms in total. The Morgan fingerprint density at radius 2 is 2.07 bits per heavy atom. The first-order valence-electron chi connectivity index (χ1n) is 8.42. The largest absolute Gasteiger partial charge is 0.497 e. The van der Waals surface area contributed by atoms with Gasteiger partial charge in [0.25, 0.3) is 0 Å². The molecule has 0 amide bonds. The van der Waals surface area contributed by atoms with Crippen LogP contribution in [0.2, 0.25) is 0 Å². The van der Waals surface area contributed by atoms with E-state index >= 15 is 0 Å². The first-order chi connectivity index (χ1) is 13.1. The Bertz CT molecular complexity index is 861. The van der Waals surface area contributed by atoms with E-state index < -0.39 is 12.0 Å². The van der Waals surface area contributed by atoms with Gasteiger partial charge < -0.3 is 24.3 Å². The van der Waals surface area contributed by atoms with Crippen LogP contribution in [0.15, 0.2) is 35.8 Å². The lowest BCUT2D eigenvalue weighted by molar-refractivity contribution is -0.139. The van der Waals surface area contributed by atoms with Gasteiger partial charge in [0.15, 0.2) is 0 Å². The number of ether oxygens (including phenoxy) is 4. The molecule has 1 unspecified atom stereocenters. The van der Waals surface area contributed by atoms with Crippen LogP contribution in [0.3, 0.4) is 0 Å². The summed E-state index contributed by atoms with van der Waals surface area (Å²) < 4.78 is 23.1. The van der Waals surface area contributed by atoms with E-state index in [0.717, 1.165) is 0 Å². The first kappa shape index (κ1) is 18.7. The highest BCUT2D eigenvalue weighted by Gasteiger charge is 2.37. The van der Waals surface area contributed by atoms with Gasteiger partial charge in [-0.2, -0.15) is 10.1 Å². The van der Waals surface area contributed by atoms with E-state index in [1.165, 1.54) is 6.33 Å². The fourth-order valence-electron chi connectivity index (χ4n) is 3.06. The second-order valence-corrected chi connectivity index (χ2v) is 5.71.